The van der Waals surface area contributed by atoms with Crippen LogP contribution in [0.25, 0.3) is 0 Å². The standard InChI is InChI=1S/C18H20N2O4/c1-13(14-5-3-2-4-6-14)20-12-19-11-16(20)18(22)23-10-9-17(21)24-15-7-8-15/h2-6,11-13,15H,7-10H2,1H3/t13-/m1/s1. The first-order valence-corrected chi connectivity index (χ1v) is 8.08. The molecule has 2 aromatic rings. The molecule has 0 saturated heterocycles. The number of esters is 2. The van der Waals surface area contributed by atoms with Crippen LogP contribution >= 0.6 is 0 Å². The molecule has 0 radical (unpaired) electrons. The van der Waals surface area contributed by atoms with Gasteiger partial charge in [0.2, 0.25) is 0 Å². The van der Waals surface area contributed by atoms with Crippen LogP contribution in [0.3, 0.4) is 0 Å². The first kappa shape index (κ1) is 16.2. The van der Waals surface area contributed by atoms with E-state index in [9.17, 15) is 9.59 Å². The van der Waals surface area contributed by atoms with E-state index >= 15 is 0 Å². The highest BCUT2D eigenvalue weighted by molar-refractivity contribution is 5.87. The van der Waals surface area contributed by atoms with Gasteiger partial charge in [0.15, 0.2) is 0 Å². The van der Waals surface area contributed by atoms with Gasteiger partial charge in [-0.3, -0.25) is 4.79 Å². The molecule has 1 saturated carbocycles. The third-order valence-corrected chi connectivity index (χ3v) is 3.94. The molecule has 0 spiro atoms. The Morgan fingerprint density at radius 2 is 2.04 bits per heavy atom. The third-order valence-electron chi connectivity index (χ3n) is 3.94. The van der Waals surface area contributed by atoms with E-state index in [1.165, 1.54) is 6.20 Å². The molecule has 0 N–H and O–H groups in total. The van der Waals surface area contributed by atoms with Crippen LogP contribution in [0.4, 0.5) is 0 Å². The lowest BCUT2D eigenvalue weighted by Gasteiger charge is -2.16. The average molecular weight is 328 g/mol. The minimum absolute atomic E-state index is 0.00921. The van der Waals surface area contributed by atoms with Crippen LogP contribution in [0, 0.1) is 0 Å². The summed E-state index contributed by atoms with van der Waals surface area (Å²) in [7, 11) is 0. The highest BCUT2D eigenvalue weighted by Crippen LogP contribution is 2.24. The van der Waals surface area contributed by atoms with Crippen molar-refractivity contribution in [2.45, 2.75) is 38.3 Å². The van der Waals surface area contributed by atoms with Crippen molar-refractivity contribution in [1.82, 2.24) is 9.55 Å². The topological polar surface area (TPSA) is 70.4 Å². The molecule has 0 bridgehead atoms. The molecule has 126 valence electrons. The number of aromatic nitrogens is 2. The lowest BCUT2D eigenvalue weighted by molar-refractivity contribution is -0.145. The molecule has 24 heavy (non-hydrogen) atoms. The van der Waals surface area contributed by atoms with Crippen LogP contribution < -0.4 is 0 Å². The monoisotopic (exact) mass is 328 g/mol. The van der Waals surface area contributed by atoms with Crippen LogP contribution in [0.1, 0.15) is 48.3 Å². The molecular weight excluding hydrogens is 308 g/mol. The summed E-state index contributed by atoms with van der Waals surface area (Å²) in [5.41, 5.74) is 1.43. The number of ether oxygens (including phenoxy) is 2. The number of rotatable bonds is 7. The number of nitrogens with zero attached hydrogens (tertiary/aromatic N) is 2. The summed E-state index contributed by atoms with van der Waals surface area (Å²) < 4.78 is 12.1. The molecule has 6 nitrogen and oxygen atoms in total. The van der Waals surface area contributed by atoms with Crippen LogP contribution in [-0.2, 0) is 14.3 Å². The van der Waals surface area contributed by atoms with E-state index in [2.05, 4.69) is 4.98 Å². The Labute approximate surface area is 140 Å². The fourth-order valence-electron chi connectivity index (χ4n) is 2.40. The minimum atomic E-state index is -0.491. The normalized spacial score (nSPS) is 14.9. The third kappa shape index (κ3) is 4.01. The zero-order chi connectivity index (χ0) is 16.9. The summed E-state index contributed by atoms with van der Waals surface area (Å²) >= 11 is 0. The van der Waals surface area contributed by atoms with Crippen molar-refractivity contribution >= 4 is 11.9 Å². The molecule has 6 heteroatoms. The molecule has 0 aliphatic heterocycles. The SMILES string of the molecule is C[C@H](c1ccccc1)n1cncc1C(=O)OCCC(=O)OC1CC1. The van der Waals surface area contributed by atoms with Gasteiger partial charge in [-0.25, -0.2) is 9.78 Å². The smallest absolute Gasteiger partial charge is 0.356 e. The molecule has 0 unspecified atom stereocenters. The summed E-state index contributed by atoms with van der Waals surface area (Å²) in [6, 6.07) is 9.79. The molecular formula is C18H20N2O4. The minimum Gasteiger partial charge on any atom is -0.462 e. The number of hydrogen-bond donors (Lipinski definition) is 0. The summed E-state index contributed by atoms with van der Waals surface area (Å²) in [6.45, 7) is 2.00. The van der Waals surface area contributed by atoms with Gasteiger partial charge in [-0.2, -0.15) is 0 Å². The van der Waals surface area contributed by atoms with Gasteiger partial charge in [0, 0.05) is 0 Å². The van der Waals surface area contributed by atoms with Crippen LogP contribution in [0.2, 0.25) is 0 Å². The van der Waals surface area contributed by atoms with Gasteiger partial charge < -0.3 is 14.0 Å². The number of carbonyl (C=O) groups is 2. The van der Waals surface area contributed by atoms with Crippen molar-refractivity contribution in [2.75, 3.05) is 6.61 Å². The molecule has 1 atom stereocenters. The van der Waals surface area contributed by atoms with Crippen molar-refractivity contribution in [3.8, 4) is 0 Å². The Balaban J connectivity index is 1.57. The Morgan fingerprint density at radius 1 is 1.29 bits per heavy atom. The van der Waals surface area contributed by atoms with Crippen molar-refractivity contribution in [1.29, 1.82) is 0 Å². The Bertz CT molecular complexity index is 707. The second kappa shape index (κ2) is 7.29. The highest BCUT2D eigenvalue weighted by Gasteiger charge is 2.26. The van der Waals surface area contributed by atoms with E-state index in [0.717, 1.165) is 18.4 Å². The van der Waals surface area contributed by atoms with Gasteiger partial charge in [0.25, 0.3) is 0 Å². The maximum absolute atomic E-state index is 12.2. The van der Waals surface area contributed by atoms with Gasteiger partial charge in [-0.1, -0.05) is 30.3 Å². The Hall–Kier alpha value is -2.63. The average Bonchev–Trinajstić information content (AvgIpc) is 3.26. The maximum atomic E-state index is 12.2. The molecule has 1 heterocycles. The quantitative estimate of drug-likeness (QED) is 0.731. The van der Waals surface area contributed by atoms with Crippen molar-refractivity contribution < 1.29 is 19.1 Å². The van der Waals surface area contributed by atoms with E-state index < -0.39 is 5.97 Å². The summed E-state index contributed by atoms with van der Waals surface area (Å²) in [4.78, 5) is 27.8. The number of carbonyl (C=O) groups excluding carboxylic acids is 2. The molecule has 1 aliphatic rings. The molecule has 1 aromatic carbocycles. The predicted molar refractivity (Wildman–Crippen MR) is 86.5 cm³/mol. The zero-order valence-electron chi connectivity index (χ0n) is 13.6. The van der Waals surface area contributed by atoms with Gasteiger partial charge in [0.1, 0.15) is 18.4 Å². The maximum Gasteiger partial charge on any atom is 0.356 e. The van der Waals surface area contributed by atoms with E-state index in [1.807, 2.05) is 37.3 Å². The predicted octanol–water partition coefficient (Wildman–Crippen LogP) is 2.74. The van der Waals surface area contributed by atoms with Gasteiger partial charge in [-0.05, 0) is 25.3 Å². The Kier molecular flexibility index (Phi) is 4.93. The highest BCUT2D eigenvalue weighted by atomic mass is 16.6. The Morgan fingerprint density at radius 3 is 2.75 bits per heavy atom. The zero-order valence-corrected chi connectivity index (χ0v) is 13.6. The van der Waals surface area contributed by atoms with Crippen LogP contribution in [0.5, 0.6) is 0 Å². The summed E-state index contributed by atoms with van der Waals surface area (Å²) in [5.74, 6) is -0.814. The van der Waals surface area contributed by atoms with Crippen molar-refractivity contribution in [2.24, 2.45) is 0 Å². The summed E-state index contributed by atoms with van der Waals surface area (Å²) in [6.07, 6.45) is 5.09. The molecule has 1 fully saturated rings. The summed E-state index contributed by atoms with van der Waals surface area (Å²) in [5, 5.41) is 0. The first-order valence-electron chi connectivity index (χ1n) is 8.08. The van der Waals surface area contributed by atoms with Gasteiger partial charge in [0.05, 0.1) is 25.0 Å². The second-order valence-corrected chi connectivity index (χ2v) is 5.85. The first-order chi connectivity index (χ1) is 11.6. The van der Waals surface area contributed by atoms with E-state index in [4.69, 9.17) is 9.47 Å². The lowest BCUT2D eigenvalue weighted by Crippen LogP contribution is -2.17. The molecule has 1 aliphatic carbocycles. The van der Waals surface area contributed by atoms with Crippen molar-refractivity contribution in [3.63, 3.8) is 0 Å². The van der Waals surface area contributed by atoms with E-state index in [1.54, 1.807) is 10.9 Å². The van der Waals surface area contributed by atoms with E-state index in [-0.39, 0.29) is 31.1 Å². The van der Waals surface area contributed by atoms with Crippen LogP contribution in [-0.4, -0.2) is 34.2 Å². The fraction of sp³-hybridized carbons (Fsp3) is 0.389. The van der Waals surface area contributed by atoms with E-state index in [0.29, 0.717) is 5.69 Å². The van der Waals surface area contributed by atoms with Crippen molar-refractivity contribution in [3.05, 3.63) is 54.1 Å². The number of hydrogen-bond acceptors (Lipinski definition) is 5. The molecule has 0 amide bonds. The van der Waals surface area contributed by atoms with Gasteiger partial charge in [-0.15, -0.1) is 0 Å². The number of imidazole rings is 1. The lowest BCUT2D eigenvalue weighted by atomic mass is 10.1. The fourth-order valence-corrected chi connectivity index (χ4v) is 2.40. The molecule has 1 aromatic heterocycles. The largest absolute Gasteiger partial charge is 0.462 e. The second-order valence-electron chi connectivity index (χ2n) is 5.85. The molecule has 3 rings (SSSR count). The van der Waals surface area contributed by atoms with Gasteiger partial charge >= 0.3 is 11.9 Å². The van der Waals surface area contributed by atoms with Crippen LogP contribution in [0.15, 0.2) is 42.9 Å². The number of benzene rings is 1.